The molecule has 1 heterocycles. The van der Waals surface area contributed by atoms with Crippen molar-refractivity contribution in [2.24, 2.45) is 5.92 Å². The zero-order chi connectivity index (χ0) is 20.4. The van der Waals surface area contributed by atoms with E-state index >= 15 is 0 Å². The molecule has 0 radical (unpaired) electrons. The number of halogens is 3. The van der Waals surface area contributed by atoms with Crippen molar-refractivity contribution in [2.75, 3.05) is 23.3 Å². The van der Waals surface area contributed by atoms with Crippen molar-refractivity contribution in [3.05, 3.63) is 63.5 Å². The van der Waals surface area contributed by atoms with Crippen LogP contribution in [-0.4, -0.2) is 23.9 Å². The molecule has 0 bridgehead atoms. The van der Waals surface area contributed by atoms with Gasteiger partial charge in [-0.15, -0.1) is 0 Å². The molecule has 1 amide bonds. The molecule has 148 valence electrons. The average Bonchev–Trinajstić information content (AvgIpc) is 2.68. The Morgan fingerprint density at radius 3 is 2.46 bits per heavy atom. The van der Waals surface area contributed by atoms with Crippen LogP contribution in [0.2, 0.25) is 0 Å². The summed E-state index contributed by atoms with van der Waals surface area (Å²) in [6.45, 7) is 3.45. The normalized spacial score (nSPS) is 14.8. The van der Waals surface area contributed by atoms with Crippen LogP contribution in [0.4, 0.5) is 30.2 Å². The highest BCUT2D eigenvalue weighted by Gasteiger charge is 2.24. The van der Waals surface area contributed by atoms with Gasteiger partial charge in [0, 0.05) is 25.2 Å². The Kier molecular flexibility index (Phi) is 5.53. The third kappa shape index (κ3) is 3.92. The third-order valence-corrected chi connectivity index (χ3v) is 4.84. The maximum Gasteiger partial charge on any atom is 0.270 e. The quantitative estimate of drug-likeness (QED) is 0.471. The number of rotatable bonds is 4. The van der Waals surface area contributed by atoms with E-state index in [4.69, 9.17) is 0 Å². The van der Waals surface area contributed by atoms with Crippen molar-refractivity contribution in [3.63, 3.8) is 0 Å². The summed E-state index contributed by atoms with van der Waals surface area (Å²) in [6.07, 6.45) is 1.80. The summed E-state index contributed by atoms with van der Waals surface area (Å²) in [5.41, 5.74) is -0.412. The highest BCUT2D eigenvalue weighted by Crippen LogP contribution is 2.30. The summed E-state index contributed by atoms with van der Waals surface area (Å²) < 4.78 is 40.4. The Hall–Kier alpha value is -3.10. The number of nitro benzene ring substituents is 1. The standard InChI is InChI=1S/C19H18F3N3O3/c1-11-6-8-24(9-7-11)16-5-2-12(25(27)28)10-13(16)19(26)23-15-4-3-14(20)17(21)18(15)22/h2-5,10-11H,6-9H2,1H3,(H,23,26). The Morgan fingerprint density at radius 1 is 1.14 bits per heavy atom. The minimum absolute atomic E-state index is 0.0344. The molecule has 1 saturated heterocycles. The van der Waals surface area contributed by atoms with Gasteiger partial charge in [-0.05, 0) is 37.0 Å². The molecule has 1 aliphatic heterocycles. The van der Waals surface area contributed by atoms with Crippen LogP contribution in [0.3, 0.4) is 0 Å². The van der Waals surface area contributed by atoms with Crippen molar-refractivity contribution < 1.29 is 22.9 Å². The number of carbonyl (C=O) groups is 1. The van der Waals surface area contributed by atoms with Crippen molar-refractivity contribution in [1.82, 2.24) is 0 Å². The van der Waals surface area contributed by atoms with Crippen LogP contribution in [0, 0.1) is 33.5 Å². The first-order valence-corrected chi connectivity index (χ1v) is 8.76. The van der Waals surface area contributed by atoms with Crippen LogP contribution in [0.5, 0.6) is 0 Å². The largest absolute Gasteiger partial charge is 0.371 e. The topological polar surface area (TPSA) is 75.5 Å². The van der Waals surface area contributed by atoms with Crippen LogP contribution in [-0.2, 0) is 0 Å². The molecular weight excluding hydrogens is 375 g/mol. The number of hydrogen-bond acceptors (Lipinski definition) is 4. The fraction of sp³-hybridized carbons (Fsp3) is 0.316. The monoisotopic (exact) mass is 393 g/mol. The molecule has 0 spiro atoms. The van der Waals surface area contributed by atoms with Crippen LogP contribution >= 0.6 is 0 Å². The van der Waals surface area contributed by atoms with Gasteiger partial charge in [-0.25, -0.2) is 13.2 Å². The number of non-ortho nitro benzene ring substituents is 1. The summed E-state index contributed by atoms with van der Waals surface area (Å²) in [6, 6.07) is 5.45. The summed E-state index contributed by atoms with van der Waals surface area (Å²) in [4.78, 5) is 25.1. The van der Waals surface area contributed by atoms with Gasteiger partial charge in [0.1, 0.15) is 0 Å². The van der Waals surface area contributed by atoms with Crippen LogP contribution in [0.25, 0.3) is 0 Å². The van der Waals surface area contributed by atoms with Gasteiger partial charge >= 0.3 is 0 Å². The highest BCUT2D eigenvalue weighted by molar-refractivity contribution is 6.08. The number of amides is 1. The summed E-state index contributed by atoms with van der Waals surface area (Å²) in [5, 5.41) is 13.3. The molecule has 0 saturated carbocycles. The minimum atomic E-state index is -1.71. The van der Waals surface area contributed by atoms with E-state index in [1.165, 1.54) is 12.1 Å². The van der Waals surface area contributed by atoms with Gasteiger partial charge in [0.2, 0.25) is 0 Å². The van der Waals surface area contributed by atoms with Crippen molar-refractivity contribution in [3.8, 4) is 0 Å². The van der Waals surface area contributed by atoms with E-state index in [0.29, 0.717) is 30.8 Å². The second-order valence-corrected chi connectivity index (χ2v) is 6.81. The molecule has 0 unspecified atom stereocenters. The van der Waals surface area contributed by atoms with Crippen molar-refractivity contribution in [2.45, 2.75) is 19.8 Å². The number of nitro groups is 1. The highest BCUT2D eigenvalue weighted by atomic mass is 19.2. The Balaban J connectivity index is 1.96. The fourth-order valence-corrected chi connectivity index (χ4v) is 3.16. The molecular formula is C19H18F3N3O3. The summed E-state index contributed by atoms with van der Waals surface area (Å²) >= 11 is 0. The average molecular weight is 393 g/mol. The zero-order valence-electron chi connectivity index (χ0n) is 15.0. The number of anilines is 2. The number of benzene rings is 2. The van der Waals surface area contributed by atoms with Crippen LogP contribution in [0.15, 0.2) is 30.3 Å². The molecule has 1 fully saturated rings. The first kappa shape index (κ1) is 19.7. The minimum Gasteiger partial charge on any atom is -0.371 e. The molecule has 3 rings (SSSR count). The summed E-state index contributed by atoms with van der Waals surface area (Å²) in [5.74, 6) is -4.94. The lowest BCUT2D eigenvalue weighted by atomic mass is 9.98. The molecule has 2 aromatic carbocycles. The molecule has 9 heteroatoms. The van der Waals surface area contributed by atoms with Gasteiger partial charge in [0.25, 0.3) is 11.6 Å². The first-order chi connectivity index (χ1) is 13.3. The van der Waals surface area contributed by atoms with Gasteiger partial charge in [0.05, 0.1) is 21.9 Å². The van der Waals surface area contributed by atoms with Gasteiger partial charge < -0.3 is 10.2 Å². The lowest BCUT2D eigenvalue weighted by molar-refractivity contribution is -0.384. The molecule has 6 nitrogen and oxygen atoms in total. The second kappa shape index (κ2) is 7.87. The molecule has 0 aromatic heterocycles. The van der Waals surface area contributed by atoms with Crippen LogP contribution < -0.4 is 10.2 Å². The van der Waals surface area contributed by atoms with Crippen molar-refractivity contribution in [1.29, 1.82) is 0 Å². The maximum absolute atomic E-state index is 13.9. The Bertz CT molecular complexity index is 928. The molecule has 1 N–H and O–H groups in total. The zero-order valence-corrected chi connectivity index (χ0v) is 15.0. The molecule has 28 heavy (non-hydrogen) atoms. The molecule has 0 aliphatic carbocycles. The Morgan fingerprint density at radius 2 is 1.82 bits per heavy atom. The SMILES string of the molecule is CC1CCN(c2ccc([N+](=O)[O-])cc2C(=O)Nc2ccc(F)c(F)c2F)CC1. The van der Waals surface area contributed by atoms with E-state index in [-0.39, 0.29) is 11.3 Å². The van der Waals surface area contributed by atoms with E-state index < -0.39 is 34.0 Å². The van der Waals surface area contributed by atoms with E-state index in [1.54, 1.807) is 0 Å². The fourth-order valence-electron chi connectivity index (χ4n) is 3.16. The predicted molar refractivity (Wildman–Crippen MR) is 98.0 cm³/mol. The number of nitrogens with one attached hydrogen (secondary N) is 1. The third-order valence-electron chi connectivity index (χ3n) is 4.84. The molecule has 2 aromatic rings. The second-order valence-electron chi connectivity index (χ2n) is 6.81. The molecule has 1 aliphatic rings. The lowest BCUT2D eigenvalue weighted by Crippen LogP contribution is -2.34. The van der Waals surface area contributed by atoms with Gasteiger partial charge in [-0.1, -0.05) is 6.92 Å². The van der Waals surface area contributed by atoms with E-state index in [1.807, 2.05) is 4.90 Å². The van der Waals surface area contributed by atoms with E-state index in [2.05, 4.69) is 12.2 Å². The number of hydrogen-bond donors (Lipinski definition) is 1. The van der Waals surface area contributed by atoms with Crippen LogP contribution in [0.1, 0.15) is 30.1 Å². The Labute approximate surface area is 159 Å². The number of carbonyl (C=O) groups excluding carboxylic acids is 1. The number of piperidine rings is 1. The predicted octanol–water partition coefficient (Wildman–Crippen LogP) is 4.50. The van der Waals surface area contributed by atoms with Gasteiger partial charge in [-0.2, -0.15) is 0 Å². The lowest BCUT2D eigenvalue weighted by Gasteiger charge is -2.33. The first-order valence-electron chi connectivity index (χ1n) is 8.76. The maximum atomic E-state index is 13.9. The van der Waals surface area contributed by atoms with Crippen molar-refractivity contribution >= 4 is 23.0 Å². The summed E-state index contributed by atoms with van der Waals surface area (Å²) in [7, 11) is 0. The number of nitrogens with zero attached hydrogens (tertiary/aromatic N) is 2. The molecule has 0 atom stereocenters. The van der Waals surface area contributed by atoms with Gasteiger partial charge in [-0.3, -0.25) is 14.9 Å². The van der Waals surface area contributed by atoms with E-state index in [9.17, 15) is 28.1 Å². The van der Waals surface area contributed by atoms with Gasteiger partial charge in [0.15, 0.2) is 17.5 Å². The van der Waals surface area contributed by atoms with E-state index in [0.717, 1.165) is 25.0 Å². The smallest absolute Gasteiger partial charge is 0.270 e.